The van der Waals surface area contributed by atoms with E-state index in [2.05, 4.69) is 0 Å². The summed E-state index contributed by atoms with van der Waals surface area (Å²) in [6, 6.07) is 17.6. The number of anilines is 1. The summed E-state index contributed by atoms with van der Waals surface area (Å²) in [5, 5.41) is 12.0. The van der Waals surface area contributed by atoms with E-state index < -0.39 is 17.9 Å². The maximum absolute atomic E-state index is 13.8. The molecule has 0 radical (unpaired) electrons. The lowest BCUT2D eigenvalue weighted by Gasteiger charge is -2.27. The Labute approximate surface area is 162 Å². The molecule has 1 heterocycles. The lowest BCUT2D eigenvalue weighted by atomic mass is 9.95. The monoisotopic (exact) mass is 386 g/mol. The fourth-order valence-electron chi connectivity index (χ4n) is 3.98. The molecule has 27 heavy (non-hydrogen) atoms. The fourth-order valence-corrected chi connectivity index (χ4v) is 3.98. The van der Waals surface area contributed by atoms with Crippen LogP contribution < -0.4 is 10.6 Å². The largest absolute Gasteiger partial charge is 0.480 e. The third-order valence-electron chi connectivity index (χ3n) is 5.14. The van der Waals surface area contributed by atoms with Gasteiger partial charge in [0.05, 0.1) is 0 Å². The number of carboxylic acids is 1. The molecule has 0 saturated heterocycles. The van der Waals surface area contributed by atoms with Crippen LogP contribution in [0.5, 0.6) is 0 Å². The molecule has 140 valence electrons. The Bertz CT molecular complexity index is 990. The van der Waals surface area contributed by atoms with Crippen molar-refractivity contribution < 1.29 is 14.3 Å². The van der Waals surface area contributed by atoms with Crippen molar-refractivity contribution in [2.45, 2.75) is 18.5 Å². The summed E-state index contributed by atoms with van der Waals surface area (Å²) in [7, 11) is 0. The zero-order chi connectivity index (χ0) is 18.3. The maximum atomic E-state index is 13.8. The summed E-state index contributed by atoms with van der Waals surface area (Å²) in [5.41, 5.74) is 8.30. The van der Waals surface area contributed by atoms with Gasteiger partial charge >= 0.3 is 5.97 Å². The number of hydrogen-bond acceptors (Lipinski definition) is 3. The van der Waals surface area contributed by atoms with Gasteiger partial charge in [0.25, 0.3) is 0 Å². The Hall–Kier alpha value is -2.63. The smallest absolute Gasteiger partial charge is 0.327 e. The highest BCUT2D eigenvalue weighted by Gasteiger charge is 2.42. The number of aliphatic carboxylic acids is 1. The second kappa shape index (κ2) is 7.55. The highest BCUT2D eigenvalue weighted by Crippen LogP contribution is 2.42. The zero-order valence-corrected chi connectivity index (χ0v) is 15.3. The SMILES string of the molecule is Cl.NCC1c2cc(F)ccc2N(Cc2cccc3ccccc23)C1C(=O)O. The van der Waals surface area contributed by atoms with E-state index >= 15 is 0 Å². The summed E-state index contributed by atoms with van der Waals surface area (Å²) in [4.78, 5) is 13.8. The molecule has 0 spiro atoms. The van der Waals surface area contributed by atoms with Crippen molar-refractivity contribution in [3.05, 3.63) is 77.6 Å². The van der Waals surface area contributed by atoms with Gasteiger partial charge in [-0.3, -0.25) is 0 Å². The van der Waals surface area contributed by atoms with E-state index in [9.17, 15) is 14.3 Å². The van der Waals surface area contributed by atoms with Gasteiger partial charge in [0, 0.05) is 24.7 Å². The molecule has 0 fully saturated rings. The van der Waals surface area contributed by atoms with Crippen LogP contribution in [0.25, 0.3) is 10.8 Å². The highest BCUT2D eigenvalue weighted by molar-refractivity contribution is 5.88. The standard InChI is InChI=1S/C21H19FN2O2.ClH/c22-15-8-9-19-17(10-15)18(11-23)20(21(25)26)24(19)12-14-6-3-5-13-4-1-2-7-16(13)14;/h1-10,18,20H,11-12,23H2,(H,25,26);1H. The van der Waals surface area contributed by atoms with Gasteiger partial charge in [-0.15, -0.1) is 12.4 Å². The first-order valence-corrected chi connectivity index (χ1v) is 8.55. The van der Waals surface area contributed by atoms with Gasteiger partial charge in [0.15, 0.2) is 0 Å². The normalized spacial score (nSPS) is 18.2. The lowest BCUT2D eigenvalue weighted by molar-refractivity contribution is -0.139. The van der Waals surface area contributed by atoms with Crippen molar-refractivity contribution in [1.29, 1.82) is 0 Å². The van der Waals surface area contributed by atoms with E-state index in [1.54, 1.807) is 6.07 Å². The second-order valence-corrected chi connectivity index (χ2v) is 6.59. The number of nitrogens with zero attached hydrogens (tertiary/aromatic N) is 1. The molecule has 3 aromatic carbocycles. The minimum atomic E-state index is -0.947. The predicted octanol–water partition coefficient (Wildman–Crippen LogP) is 3.92. The maximum Gasteiger partial charge on any atom is 0.327 e. The summed E-state index contributed by atoms with van der Waals surface area (Å²) >= 11 is 0. The zero-order valence-electron chi connectivity index (χ0n) is 14.5. The molecule has 4 nitrogen and oxygen atoms in total. The molecule has 0 aliphatic carbocycles. The van der Waals surface area contributed by atoms with E-state index in [0.29, 0.717) is 12.1 Å². The van der Waals surface area contributed by atoms with Crippen molar-refractivity contribution in [3.8, 4) is 0 Å². The number of benzene rings is 3. The van der Waals surface area contributed by atoms with E-state index in [-0.39, 0.29) is 24.8 Å². The molecule has 2 unspecified atom stereocenters. The molecule has 3 aromatic rings. The van der Waals surface area contributed by atoms with Gasteiger partial charge in [-0.1, -0.05) is 42.5 Å². The van der Waals surface area contributed by atoms with Crippen molar-refractivity contribution >= 4 is 34.8 Å². The molecule has 0 amide bonds. The first-order valence-electron chi connectivity index (χ1n) is 8.55. The number of halogens is 2. The minimum absolute atomic E-state index is 0. The topological polar surface area (TPSA) is 66.6 Å². The summed E-state index contributed by atoms with van der Waals surface area (Å²) in [5.74, 6) is -1.76. The van der Waals surface area contributed by atoms with Crippen LogP contribution in [-0.4, -0.2) is 23.7 Å². The molecule has 4 rings (SSSR count). The van der Waals surface area contributed by atoms with Gasteiger partial charge in [-0.05, 0) is 40.1 Å². The van der Waals surface area contributed by atoms with Crippen molar-refractivity contribution in [2.24, 2.45) is 5.73 Å². The lowest BCUT2D eigenvalue weighted by Crippen LogP contribution is -2.42. The number of hydrogen-bond donors (Lipinski definition) is 2. The van der Waals surface area contributed by atoms with Gasteiger partial charge in [0.2, 0.25) is 0 Å². The Kier molecular flexibility index (Phi) is 5.35. The van der Waals surface area contributed by atoms with Crippen LogP contribution in [0, 0.1) is 5.82 Å². The molecule has 0 aromatic heterocycles. The summed E-state index contributed by atoms with van der Waals surface area (Å²) in [6.07, 6.45) is 0. The van der Waals surface area contributed by atoms with Crippen LogP contribution in [0.2, 0.25) is 0 Å². The van der Waals surface area contributed by atoms with Crippen LogP contribution in [-0.2, 0) is 11.3 Å². The van der Waals surface area contributed by atoms with Crippen molar-refractivity contribution in [1.82, 2.24) is 0 Å². The van der Waals surface area contributed by atoms with E-state index in [4.69, 9.17) is 5.73 Å². The Morgan fingerprint density at radius 1 is 1.11 bits per heavy atom. The van der Waals surface area contributed by atoms with E-state index in [1.807, 2.05) is 47.4 Å². The first-order chi connectivity index (χ1) is 12.6. The van der Waals surface area contributed by atoms with Crippen LogP contribution in [0.3, 0.4) is 0 Å². The van der Waals surface area contributed by atoms with Gasteiger partial charge in [-0.25, -0.2) is 9.18 Å². The van der Waals surface area contributed by atoms with Crippen molar-refractivity contribution in [3.63, 3.8) is 0 Å². The Morgan fingerprint density at radius 3 is 2.59 bits per heavy atom. The molecule has 6 heteroatoms. The average Bonchev–Trinajstić information content (AvgIpc) is 2.95. The fraction of sp³-hybridized carbons (Fsp3) is 0.190. The minimum Gasteiger partial charge on any atom is -0.480 e. The van der Waals surface area contributed by atoms with Gasteiger partial charge < -0.3 is 15.7 Å². The molecule has 1 aliphatic heterocycles. The Morgan fingerprint density at radius 2 is 1.85 bits per heavy atom. The number of rotatable bonds is 4. The van der Waals surface area contributed by atoms with E-state index in [0.717, 1.165) is 22.0 Å². The number of nitrogens with two attached hydrogens (primary N) is 1. The van der Waals surface area contributed by atoms with Crippen LogP contribution in [0.4, 0.5) is 10.1 Å². The molecule has 0 saturated carbocycles. The van der Waals surface area contributed by atoms with Crippen LogP contribution >= 0.6 is 12.4 Å². The quantitative estimate of drug-likeness (QED) is 0.713. The Balaban J connectivity index is 0.00000210. The average molecular weight is 387 g/mol. The third-order valence-corrected chi connectivity index (χ3v) is 5.14. The summed E-state index contributed by atoms with van der Waals surface area (Å²) in [6.45, 7) is 0.576. The third kappa shape index (κ3) is 3.24. The highest BCUT2D eigenvalue weighted by atomic mass is 35.5. The second-order valence-electron chi connectivity index (χ2n) is 6.59. The van der Waals surface area contributed by atoms with Gasteiger partial charge in [0.1, 0.15) is 11.9 Å². The molecular formula is C21H20ClFN2O2. The van der Waals surface area contributed by atoms with E-state index in [1.165, 1.54) is 12.1 Å². The predicted molar refractivity (Wildman–Crippen MR) is 107 cm³/mol. The van der Waals surface area contributed by atoms with Crippen molar-refractivity contribution in [2.75, 3.05) is 11.4 Å². The first kappa shape index (κ1) is 19.1. The molecule has 3 N–H and O–H groups in total. The summed E-state index contributed by atoms with van der Waals surface area (Å²) < 4.78 is 13.8. The molecule has 1 aliphatic rings. The number of carboxylic acid groups (broad SMARTS) is 1. The van der Waals surface area contributed by atoms with Crippen LogP contribution in [0.1, 0.15) is 17.0 Å². The van der Waals surface area contributed by atoms with Gasteiger partial charge in [-0.2, -0.15) is 0 Å². The molecule has 2 atom stereocenters. The van der Waals surface area contributed by atoms with Crippen LogP contribution in [0.15, 0.2) is 60.7 Å². The molecular weight excluding hydrogens is 367 g/mol. The number of carbonyl (C=O) groups is 1. The number of fused-ring (bicyclic) bond motifs is 2. The molecule has 0 bridgehead atoms.